The van der Waals surface area contributed by atoms with Crippen molar-refractivity contribution in [2.45, 2.75) is 46.2 Å². The lowest BCUT2D eigenvalue weighted by molar-refractivity contribution is 0.406. The molecule has 0 bridgehead atoms. The SMILES string of the molecule is CC(C)C[C@H](C)N[C@@H](C)c1cccnc1. The molecule has 0 aliphatic rings. The molecule has 0 saturated carbocycles. The van der Waals surface area contributed by atoms with Gasteiger partial charge in [-0.25, -0.2) is 0 Å². The summed E-state index contributed by atoms with van der Waals surface area (Å²) in [6, 6.07) is 5.04. The van der Waals surface area contributed by atoms with E-state index in [0.29, 0.717) is 12.1 Å². The van der Waals surface area contributed by atoms with E-state index >= 15 is 0 Å². The number of hydrogen-bond acceptors (Lipinski definition) is 2. The van der Waals surface area contributed by atoms with E-state index in [0.717, 1.165) is 5.92 Å². The minimum atomic E-state index is 0.382. The standard InChI is InChI=1S/C13H22N2/c1-10(2)8-11(3)15-12(4)13-6-5-7-14-9-13/h5-7,9-12,15H,8H2,1-4H3/t11-,12-/m0/s1. The molecule has 0 saturated heterocycles. The van der Waals surface area contributed by atoms with Crippen molar-refractivity contribution in [1.82, 2.24) is 10.3 Å². The van der Waals surface area contributed by atoms with E-state index < -0.39 is 0 Å². The summed E-state index contributed by atoms with van der Waals surface area (Å²) in [4.78, 5) is 4.13. The molecule has 2 heteroatoms. The molecule has 0 fully saturated rings. The number of rotatable bonds is 5. The van der Waals surface area contributed by atoms with Gasteiger partial charge in [0.15, 0.2) is 0 Å². The van der Waals surface area contributed by atoms with Gasteiger partial charge in [-0.2, -0.15) is 0 Å². The Morgan fingerprint density at radius 3 is 2.53 bits per heavy atom. The van der Waals surface area contributed by atoms with E-state index in [4.69, 9.17) is 0 Å². The van der Waals surface area contributed by atoms with Crippen LogP contribution in [0.5, 0.6) is 0 Å². The summed E-state index contributed by atoms with van der Waals surface area (Å²) in [6.07, 6.45) is 4.96. The molecule has 0 amide bonds. The minimum absolute atomic E-state index is 0.382. The van der Waals surface area contributed by atoms with Crippen LogP contribution in [0.25, 0.3) is 0 Å². The van der Waals surface area contributed by atoms with Gasteiger partial charge in [-0.3, -0.25) is 4.98 Å². The van der Waals surface area contributed by atoms with E-state index in [1.165, 1.54) is 12.0 Å². The van der Waals surface area contributed by atoms with Crippen molar-refractivity contribution in [3.63, 3.8) is 0 Å². The van der Waals surface area contributed by atoms with Gasteiger partial charge in [-0.05, 0) is 37.8 Å². The van der Waals surface area contributed by atoms with Crippen LogP contribution in [0.2, 0.25) is 0 Å². The number of nitrogens with one attached hydrogen (secondary N) is 1. The molecule has 1 rings (SSSR count). The van der Waals surface area contributed by atoms with Crippen LogP contribution in [-0.2, 0) is 0 Å². The minimum Gasteiger partial charge on any atom is -0.308 e. The molecular formula is C13H22N2. The van der Waals surface area contributed by atoms with Gasteiger partial charge in [0.2, 0.25) is 0 Å². The average Bonchev–Trinajstić information content (AvgIpc) is 2.17. The van der Waals surface area contributed by atoms with E-state index in [1.807, 2.05) is 18.5 Å². The lowest BCUT2D eigenvalue weighted by Crippen LogP contribution is -2.30. The van der Waals surface area contributed by atoms with Crippen LogP contribution >= 0.6 is 0 Å². The second-order valence-corrected chi connectivity index (χ2v) is 4.71. The van der Waals surface area contributed by atoms with Crippen molar-refractivity contribution in [3.05, 3.63) is 30.1 Å². The Balaban J connectivity index is 2.45. The van der Waals surface area contributed by atoms with Crippen molar-refractivity contribution in [2.24, 2.45) is 5.92 Å². The zero-order chi connectivity index (χ0) is 11.3. The summed E-state index contributed by atoms with van der Waals surface area (Å²) in [7, 11) is 0. The zero-order valence-corrected chi connectivity index (χ0v) is 10.2. The molecule has 0 unspecified atom stereocenters. The Morgan fingerprint density at radius 1 is 1.27 bits per heavy atom. The number of nitrogens with zero attached hydrogens (tertiary/aromatic N) is 1. The summed E-state index contributed by atoms with van der Waals surface area (Å²) in [5, 5.41) is 3.59. The maximum Gasteiger partial charge on any atom is 0.0315 e. The quantitative estimate of drug-likeness (QED) is 0.800. The van der Waals surface area contributed by atoms with E-state index in [-0.39, 0.29) is 0 Å². The molecule has 15 heavy (non-hydrogen) atoms. The average molecular weight is 206 g/mol. The first-order chi connectivity index (χ1) is 7.09. The molecule has 2 nitrogen and oxygen atoms in total. The van der Waals surface area contributed by atoms with Gasteiger partial charge in [0.05, 0.1) is 0 Å². The Kier molecular flexibility index (Phi) is 4.76. The molecule has 84 valence electrons. The van der Waals surface area contributed by atoms with Crippen LogP contribution in [0.15, 0.2) is 24.5 Å². The fourth-order valence-corrected chi connectivity index (χ4v) is 1.93. The maximum absolute atomic E-state index is 4.13. The summed E-state index contributed by atoms with van der Waals surface area (Å²) >= 11 is 0. The van der Waals surface area contributed by atoms with Crippen LogP contribution in [-0.4, -0.2) is 11.0 Å². The van der Waals surface area contributed by atoms with Crippen LogP contribution in [0.4, 0.5) is 0 Å². The highest BCUT2D eigenvalue weighted by Gasteiger charge is 2.10. The van der Waals surface area contributed by atoms with Crippen LogP contribution < -0.4 is 5.32 Å². The molecule has 0 aliphatic carbocycles. The largest absolute Gasteiger partial charge is 0.308 e. The van der Waals surface area contributed by atoms with Gasteiger partial charge < -0.3 is 5.32 Å². The Labute approximate surface area is 93.1 Å². The number of pyridine rings is 1. The van der Waals surface area contributed by atoms with Gasteiger partial charge >= 0.3 is 0 Å². The molecule has 0 spiro atoms. The van der Waals surface area contributed by atoms with Crippen molar-refractivity contribution < 1.29 is 0 Å². The van der Waals surface area contributed by atoms with Gasteiger partial charge in [0.25, 0.3) is 0 Å². The van der Waals surface area contributed by atoms with Crippen molar-refractivity contribution in [1.29, 1.82) is 0 Å². The molecular weight excluding hydrogens is 184 g/mol. The van der Waals surface area contributed by atoms with Gasteiger partial charge in [0.1, 0.15) is 0 Å². The molecule has 1 N–H and O–H groups in total. The first kappa shape index (κ1) is 12.2. The summed E-state index contributed by atoms with van der Waals surface area (Å²) in [5.74, 6) is 0.744. The van der Waals surface area contributed by atoms with Crippen LogP contribution in [0.3, 0.4) is 0 Å². The third kappa shape index (κ3) is 4.43. The second-order valence-electron chi connectivity index (χ2n) is 4.71. The molecule has 0 aromatic carbocycles. The lowest BCUT2D eigenvalue weighted by atomic mass is 10.0. The second kappa shape index (κ2) is 5.86. The van der Waals surface area contributed by atoms with Crippen molar-refractivity contribution in [2.75, 3.05) is 0 Å². The summed E-state index contributed by atoms with van der Waals surface area (Å²) in [5.41, 5.74) is 1.26. The first-order valence-electron chi connectivity index (χ1n) is 5.75. The van der Waals surface area contributed by atoms with E-state index in [9.17, 15) is 0 Å². The lowest BCUT2D eigenvalue weighted by Gasteiger charge is -2.21. The highest BCUT2D eigenvalue weighted by Crippen LogP contribution is 2.13. The molecule has 1 heterocycles. The molecule has 0 radical (unpaired) electrons. The Hall–Kier alpha value is -0.890. The van der Waals surface area contributed by atoms with Crippen molar-refractivity contribution in [3.8, 4) is 0 Å². The summed E-state index contributed by atoms with van der Waals surface area (Å²) in [6.45, 7) is 8.94. The number of aromatic nitrogens is 1. The highest BCUT2D eigenvalue weighted by molar-refractivity contribution is 5.12. The van der Waals surface area contributed by atoms with Crippen molar-refractivity contribution >= 4 is 0 Å². The van der Waals surface area contributed by atoms with Crippen LogP contribution in [0.1, 0.15) is 45.7 Å². The Bertz CT molecular complexity index is 269. The fraction of sp³-hybridized carbons (Fsp3) is 0.615. The molecule has 1 aromatic rings. The third-order valence-electron chi connectivity index (χ3n) is 2.54. The smallest absolute Gasteiger partial charge is 0.0315 e. The fourth-order valence-electron chi connectivity index (χ4n) is 1.93. The molecule has 0 aliphatic heterocycles. The van der Waals surface area contributed by atoms with E-state index in [2.05, 4.69) is 44.1 Å². The predicted octanol–water partition coefficient (Wildman–Crippen LogP) is 3.17. The Morgan fingerprint density at radius 2 is 2.00 bits per heavy atom. The number of hydrogen-bond donors (Lipinski definition) is 1. The topological polar surface area (TPSA) is 24.9 Å². The molecule has 2 atom stereocenters. The maximum atomic E-state index is 4.13. The van der Waals surface area contributed by atoms with E-state index in [1.54, 1.807) is 0 Å². The zero-order valence-electron chi connectivity index (χ0n) is 10.2. The van der Waals surface area contributed by atoms with Gasteiger partial charge in [-0.1, -0.05) is 19.9 Å². The monoisotopic (exact) mass is 206 g/mol. The molecule has 1 aromatic heterocycles. The van der Waals surface area contributed by atoms with Crippen LogP contribution in [0, 0.1) is 5.92 Å². The predicted molar refractivity (Wildman–Crippen MR) is 64.7 cm³/mol. The van der Waals surface area contributed by atoms with Gasteiger partial charge in [-0.15, -0.1) is 0 Å². The summed E-state index contributed by atoms with van der Waals surface area (Å²) < 4.78 is 0. The first-order valence-corrected chi connectivity index (χ1v) is 5.75. The highest BCUT2D eigenvalue weighted by atomic mass is 14.9. The van der Waals surface area contributed by atoms with Gasteiger partial charge in [0, 0.05) is 24.5 Å². The third-order valence-corrected chi connectivity index (χ3v) is 2.54. The normalized spacial score (nSPS) is 15.3.